The quantitative estimate of drug-likeness (QED) is 0.384. The fourth-order valence-corrected chi connectivity index (χ4v) is 0.861. The molecule has 1 rings (SSSR count). The van der Waals surface area contributed by atoms with Gasteiger partial charge in [-0.1, -0.05) is 0 Å². The summed E-state index contributed by atoms with van der Waals surface area (Å²) < 4.78 is 4.61. The first-order chi connectivity index (χ1) is 6.33. The van der Waals surface area contributed by atoms with E-state index in [0.717, 1.165) is 13.0 Å². The molecule has 0 aromatic carbocycles. The molecule has 0 unspecified atom stereocenters. The van der Waals surface area contributed by atoms with Crippen LogP contribution in [0.2, 0.25) is 0 Å². The molecule has 0 radical (unpaired) electrons. The van der Waals surface area contributed by atoms with E-state index in [-0.39, 0.29) is 0 Å². The first-order valence-electron chi connectivity index (χ1n) is 4.49. The van der Waals surface area contributed by atoms with Gasteiger partial charge in [-0.3, -0.25) is 0 Å². The molecule has 74 valence electrons. The van der Waals surface area contributed by atoms with Gasteiger partial charge in [0, 0.05) is 25.8 Å². The summed E-state index contributed by atoms with van der Waals surface area (Å²) in [7, 11) is 0. The summed E-state index contributed by atoms with van der Waals surface area (Å²) >= 11 is 0. The Labute approximate surface area is 77.7 Å². The van der Waals surface area contributed by atoms with Crippen molar-refractivity contribution in [2.45, 2.75) is 13.3 Å². The highest BCUT2D eigenvalue weighted by molar-refractivity contribution is 5.68. The molecule has 0 spiro atoms. The Morgan fingerprint density at radius 3 is 3.08 bits per heavy atom. The SMILES string of the molecule is CCOC(=O)N/N=C\CCN1CC1. The van der Waals surface area contributed by atoms with Crippen molar-refractivity contribution in [3.63, 3.8) is 0 Å². The van der Waals surface area contributed by atoms with Gasteiger partial charge in [0.05, 0.1) is 6.61 Å². The van der Waals surface area contributed by atoms with Gasteiger partial charge >= 0.3 is 6.09 Å². The van der Waals surface area contributed by atoms with Crippen LogP contribution in [0, 0.1) is 0 Å². The third-order valence-electron chi connectivity index (χ3n) is 1.64. The molecule has 0 aliphatic carbocycles. The van der Waals surface area contributed by atoms with Gasteiger partial charge in [0.2, 0.25) is 0 Å². The zero-order chi connectivity index (χ0) is 9.52. The van der Waals surface area contributed by atoms with Crippen molar-refractivity contribution < 1.29 is 9.53 Å². The van der Waals surface area contributed by atoms with Gasteiger partial charge in [0.1, 0.15) is 0 Å². The van der Waals surface area contributed by atoms with Crippen LogP contribution in [0.3, 0.4) is 0 Å². The van der Waals surface area contributed by atoms with Gasteiger partial charge < -0.3 is 9.64 Å². The number of carbonyl (C=O) groups is 1. The Morgan fingerprint density at radius 1 is 1.69 bits per heavy atom. The van der Waals surface area contributed by atoms with Crippen LogP contribution in [0.5, 0.6) is 0 Å². The molecule has 0 bridgehead atoms. The molecule has 1 N–H and O–H groups in total. The standard InChI is InChI=1S/C8H15N3O2/c1-2-13-8(12)10-9-4-3-5-11-6-7-11/h4H,2-3,5-7H2,1H3,(H,10,12)/b9-4-. The minimum atomic E-state index is -0.495. The van der Waals surface area contributed by atoms with Crippen molar-refractivity contribution in [3.8, 4) is 0 Å². The third kappa shape index (κ3) is 5.19. The van der Waals surface area contributed by atoms with Crippen molar-refractivity contribution in [3.05, 3.63) is 0 Å². The topological polar surface area (TPSA) is 53.7 Å². The monoisotopic (exact) mass is 185 g/mol. The van der Waals surface area contributed by atoms with Gasteiger partial charge in [-0.25, -0.2) is 10.2 Å². The van der Waals surface area contributed by atoms with E-state index in [2.05, 4.69) is 20.2 Å². The first-order valence-corrected chi connectivity index (χ1v) is 4.49. The lowest BCUT2D eigenvalue weighted by Gasteiger charge is -1.98. The third-order valence-corrected chi connectivity index (χ3v) is 1.64. The van der Waals surface area contributed by atoms with Gasteiger partial charge in [-0.05, 0) is 13.3 Å². The van der Waals surface area contributed by atoms with Crippen LogP contribution in [0.15, 0.2) is 5.10 Å². The molecule has 5 heteroatoms. The average Bonchev–Trinajstić information content (AvgIpc) is 2.88. The number of nitrogens with zero attached hydrogens (tertiary/aromatic N) is 2. The summed E-state index contributed by atoms with van der Waals surface area (Å²) in [5.74, 6) is 0. The second-order valence-corrected chi connectivity index (χ2v) is 2.77. The fourth-order valence-electron chi connectivity index (χ4n) is 0.861. The van der Waals surface area contributed by atoms with Crippen LogP contribution in [0.4, 0.5) is 4.79 Å². The van der Waals surface area contributed by atoms with Crippen LogP contribution in [0.25, 0.3) is 0 Å². The summed E-state index contributed by atoms with van der Waals surface area (Å²) in [6.07, 6.45) is 2.06. The zero-order valence-electron chi connectivity index (χ0n) is 7.82. The molecule has 0 atom stereocenters. The van der Waals surface area contributed by atoms with E-state index in [0.29, 0.717) is 6.61 Å². The Bertz CT molecular complexity index is 190. The summed E-state index contributed by atoms with van der Waals surface area (Å²) in [5, 5.41) is 3.71. The Hall–Kier alpha value is -1.10. The zero-order valence-corrected chi connectivity index (χ0v) is 7.82. The van der Waals surface area contributed by atoms with E-state index >= 15 is 0 Å². The molecule has 0 aromatic rings. The van der Waals surface area contributed by atoms with Gasteiger partial charge in [-0.2, -0.15) is 5.10 Å². The summed E-state index contributed by atoms with van der Waals surface area (Å²) in [5.41, 5.74) is 2.27. The number of hydrogen-bond acceptors (Lipinski definition) is 4. The normalized spacial score (nSPS) is 16.1. The number of ether oxygens (including phenoxy) is 1. The minimum Gasteiger partial charge on any atom is -0.449 e. The lowest BCUT2D eigenvalue weighted by atomic mass is 10.5. The van der Waals surface area contributed by atoms with Crippen LogP contribution in [0.1, 0.15) is 13.3 Å². The molecular formula is C8H15N3O2. The maximum atomic E-state index is 10.7. The number of rotatable bonds is 5. The van der Waals surface area contributed by atoms with Crippen molar-refractivity contribution in [1.82, 2.24) is 10.3 Å². The molecule has 1 fully saturated rings. The molecule has 5 nitrogen and oxygen atoms in total. The highest BCUT2D eigenvalue weighted by Gasteiger charge is 2.14. The molecule has 1 heterocycles. The van der Waals surface area contributed by atoms with Crippen LogP contribution >= 0.6 is 0 Å². The van der Waals surface area contributed by atoms with Crippen molar-refractivity contribution in [2.24, 2.45) is 5.10 Å². The van der Waals surface area contributed by atoms with Crippen LogP contribution in [-0.4, -0.2) is 43.4 Å². The van der Waals surface area contributed by atoms with E-state index in [1.54, 1.807) is 13.1 Å². The van der Waals surface area contributed by atoms with Gasteiger partial charge in [-0.15, -0.1) is 0 Å². The minimum absolute atomic E-state index is 0.370. The van der Waals surface area contributed by atoms with Gasteiger partial charge in [0.15, 0.2) is 0 Å². The molecule has 1 aliphatic rings. The maximum absolute atomic E-state index is 10.7. The summed E-state index contributed by atoms with van der Waals surface area (Å²) in [6, 6.07) is 0. The second-order valence-electron chi connectivity index (χ2n) is 2.77. The highest BCUT2D eigenvalue weighted by Crippen LogP contribution is 2.01. The van der Waals surface area contributed by atoms with Crippen molar-refractivity contribution >= 4 is 12.3 Å². The fraction of sp³-hybridized carbons (Fsp3) is 0.750. The van der Waals surface area contributed by atoms with E-state index in [1.807, 2.05) is 0 Å². The molecule has 1 amide bonds. The first kappa shape index (κ1) is 9.98. The van der Waals surface area contributed by atoms with E-state index in [9.17, 15) is 4.79 Å². The molecule has 13 heavy (non-hydrogen) atoms. The highest BCUT2D eigenvalue weighted by atomic mass is 16.5. The second kappa shape index (κ2) is 5.53. The molecule has 0 saturated carbocycles. The van der Waals surface area contributed by atoms with Gasteiger partial charge in [0.25, 0.3) is 0 Å². The van der Waals surface area contributed by atoms with Crippen molar-refractivity contribution in [2.75, 3.05) is 26.2 Å². The van der Waals surface area contributed by atoms with E-state index in [4.69, 9.17) is 0 Å². The summed E-state index contributed by atoms with van der Waals surface area (Å²) in [6.45, 7) is 5.53. The Balaban J connectivity index is 1.93. The Kier molecular flexibility index (Phi) is 4.25. The van der Waals surface area contributed by atoms with Crippen LogP contribution < -0.4 is 5.43 Å². The largest absolute Gasteiger partial charge is 0.449 e. The molecule has 1 saturated heterocycles. The molecule has 1 aliphatic heterocycles. The lowest BCUT2D eigenvalue weighted by Crippen LogP contribution is -2.18. The number of hydrazone groups is 1. The predicted octanol–water partition coefficient (Wildman–Crippen LogP) is 0.424. The average molecular weight is 185 g/mol. The number of nitrogens with one attached hydrogen (secondary N) is 1. The maximum Gasteiger partial charge on any atom is 0.427 e. The lowest BCUT2D eigenvalue weighted by molar-refractivity contribution is 0.152. The Morgan fingerprint density at radius 2 is 2.46 bits per heavy atom. The smallest absolute Gasteiger partial charge is 0.427 e. The van der Waals surface area contributed by atoms with Crippen molar-refractivity contribution in [1.29, 1.82) is 0 Å². The summed E-state index contributed by atoms with van der Waals surface area (Å²) in [4.78, 5) is 13.0. The van der Waals surface area contributed by atoms with E-state index in [1.165, 1.54) is 13.1 Å². The number of amides is 1. The molecule has 0 aromatic heterocycles. The number of hydrogen-bond donors (Lipinski definition) is 1. The van der Waals surface area contributed by atoms with E-state index < -0.39 is 6.09 Å². The number of carbonyl (C=O) groups excluding carboxylic acids is 1. The predicted molar refractivity (Wildman–Crippen MR) is 49.7 cm³/mol. The van der Waals surface area contributed by atoms with Crippen LogP contribution in [-0.2, 0) is 4.74 Å². The molecular weight excluding hydrogens is 170 g/mol.